The summed E-state index contributed by atoms with van der Waals surface area (Å²) in [6.45, 7) is 7.17. The van der Waals surface area contributed by atoms with E-state index >= 15 is 0 Å². The van der Waals surface area contributed by atoms with Crippen LogP contribution in [0.5, 0.6) is 5.75 Å². The topological polar surface area (TPSA) is 24.5 Å². The third-order valence-electron chi connectivity index (χ3n) is 3.98. The summed E-state index contributed by atoms with van der Waals surface area (Å²) in [5.74, 6) is 0.0129. The summed E-state index contributed by atoms with van der Waals surface area (Å²) < 4.78 is 19.7. The summed E-state index contributed by atoms with van der Waals surface area (Å²) in [6, 6.07) is 5.21. The molecule has 1 aromatic rings. The SMILES string of the molecule is CCCNC(c1cccc(OC)c1F)C(C)(C)N(C)C. The second kappa shape index (κ2) is 7.04. The summed E-state index contributed by atoms with van der Waals surface area (Å²) in [4.78, 5) is 2.11. The standard InChI is InChI=1S/C16H27FN2O/c1-7-11-18-15(16(2,3)19(4)5)12-9-8-10-13(20-6)14(12)17/h8-10,15,18H,7,11H2,1-6H3. The molecule has 1 N–H and O–H groups in total. The van der Waals surface area contributed by atoms with Gasteiger partial charge in [-0.1, -0.05) is 19.1 Å². The second-order valence-electron chi connectivity index (χ2n) is 5.80. The maximum atomic E-state index is 14.6. The Labute approximate surface area is 122 Å². The van der Waals surface area contributed by atoms with Gasteiger partial charge in [0.2, 0.25) is 0 Å². The van der Waals surface area contributed by atoms with Gasteiger partial charge in [-0.15, -0.1) is 0 Å². The van der Waals surface area contributed by atoms with E-state index in [9.17, 15) is 4.39 Å². The maximum absolute atomic E-state index is 14.6. The normalized spacial score (nSPS) is 13.6. The zero-order chi connectivity index (χ0) is 15.3. The maximum Gasteiger partial charge on any atom is 0.169 e. The molecule has 0 amide bonds. The van der Waals surface area contributed by atoms with Crippen molar-refractivity contribution < 1.29 is 9.13 Å². The van der Waals surface area contributed by atoms with Gasteiger partial charge in [0.05, 0.1) is 13.2 Å². The summed E-state index contributed by atoms with van der Waals surface area (Å²) in [6.07, 6.45) is 1.01. The molecule has 20 heavy (non-hydrogen) atoms. The van der Waals surface area contributed by atoms with E-state index in [0.717, 1.165) is 13.0 Å². The lowest BCUT2D eigenvalue weighted by molar-refractivity contribution is 0.135. The first-order valence-electron chi connectivity index (χ1n) is 7.09. The predicted molar refractivity (Wildman–Crippen MR) is 81.8 cm³/mol. The highest BCUT2D eigenvalue weighted by Gasteiger charge is 2.34. The molecule has 1 atom stereocenters. The Morgan fingerprint density at radius 3 is 2.50 bits per heavy atom. The number of benzene rings is 1. The minimum absolute atomic E-state index is 0.104. The lowest BCUT2D eigenvalue weighted by Crippen LogP contribution is -2.49. The van der Waals surface area contributed by atoms with Crippen molar-refractivity contribution in [3.05, 3.63) is 29.6 Å². The van der Waals surface area contributed by atoms with E-state index in [0.29, 0.717) is 11.3 Å². The lowest BCUT2D eigenvalue weighted by Gasteiger charge is -2.41. The van der Waals surface area contributed by atoms with E-state index in [1.54, 1.807) is 6.07 Å². The van der Waals surface area contributed by atoms with Crippen LogP contribution in [0.4, 0.5) is 4.39 Å². The molecule has 0 saturated carbocycles. The number of nitrogens with zero attached hydrogens (tertiary/aromatic N) is 1. The lowest BCUT2D eigenvalue weighted by atomic mass is 9.87. The largest absolute Gasteiger partial charge is 0.494 e. The highest BCUT2D eigenvalue weighted by Crippen LogP contribution is 2.33. The third kappa shape index (κ3) is 3.49. The second-order valence-corrected chi connectivity index (χ2v) is 5.80. The van der Waals surface area contributed by atoms with Crippen LogP contribution in [-0.4, -0.2) is 38.2 Å². The highest BCUT2D eigenvalue weighted by molar-refractivity contribution is 5.34. The quantitative estimate of drug-likeness (QED) is 0.831. The molecular weight excluding hydrogens is 255 g/mol. The van der Waals surface area contributed by atoms with Gasteiger partial charge in [0.15, 0.2) is 11.6 Å². The third-order valence-corrected chi connectivity index (χ3v) is 3.98. The number of halogens is 1. The molecule has 114 valence electrons. The number of likely N-dealkylation sites (N-methyl/N-ethyl adjacent to an activating group) is 1. The molecule has 0 aliphatic carbocycles. The van der Waals surface area contributed by atoms with E-state index in [1.807, 2.05) is 26.2 Å². The van der Waals surface area contributed by atoms with Crippen molar-refractivity contribution in [1.82, 2.24) is 10.2 Å². The first-order chi connectivity index (χ1) is 9.36. The highest BCUT2D eigenvalue weighted by atomic mass is 19.1. The number of nitrogens with one attached hydrogen (secondary N) is 1. The van der Waals surface area contributed by atoms with E-state index in [1.165, 1.54) is 7.11 Å². The molecule has 0 spiro atoms. The Kier molecular flexibility index (Phi) is 5.96. The van der Waals surface area contributed by atoms with Crippen LogP contribution in [-0.2, 0) is 0 Å². The van der Waals surface area contributed by atoms with E-state index in [-0.39, 0.29) is 17.4 Å². The van der Waals surface area contributed by atoms with Crippen molar-refractivity contribution in [2.45, 2.75) is 38.8 Å². The van der Waals surface area contributed by atoms with Gasteiger partial charge in [0.1, 0.15) is 0 Å². The van der Waals surface area contributed by atoms with Gasteiger partial charge in [-0.3, -0.25) is 0 Å². The molecule has 0 aromatic heterocycles. The molecule has 0 saturated heterocycles. The fourth-order valence-electron chi connectivity index (χ4n) is 2.20. The van der Waals surface area contributed by atoms with Crippen LogP contribution >= 0.6 is 0 Å². The number of hydrogen-bond acceptors (Lipinski definition) is 3. The molecule has 1 rings (SSSR count). The van der Waals surface area contributed by atoms with E-state index in [4.69, 9.17) is 4.74 Å². The number of methoxy groups -OCH3 is 1. The average molecular weight is 282 g/mol. The van der Waals surface area contributed by atoms with Crippen molar-refractivity contribution >= 4 is 0 Å². The van der Waals surface area contributed by atoms with Gasteiger partial charge in [-0.25, -0.2) is 4.39 Å². The van der Waals surface area contributed by atoms with Crippen LogP contribution < -0.4 is 10.1 Å². The van der Waals surface area contributed by atoms with Crippen LogP contribution in [0.15, 0.2) is 18.2 Å². The van der Waals surface area contributed by atoms with Crippen molar-refractivity contribution in [3.63, 3.8) is 0 Å². The van der Waals surface area contributed by atoms with Gasteiger partial charge in [0, 0.05) is 11.1 Å². The fraction of sp³-hybridized carbons (Fsp3) is 0.625. The van der Waals surface area contributed by atoms with Gasteiger partial charge in [0.25, 0.3) is 0 Å². The van der Waals surface area contributed by atoms with Gasteiger partial charge >= 0.3 is 0 Å². The minimum Gasteiger partial charge on any atom is -0.494 e. The molecule has 1 aromatic carbocycles. The summed E-state index contributed by atoms with van der Waals surface area (Å²) in [5.41, 5.74) is 0.430. The zero-order valence-electron chi connectivity index (χ0n) is 13.5. The Balaban J connectivity index is 3.24. The first kappa shape index (κ1) is 16.9. The Morgan fingerprint density at radius 1 is 1.35 bits per heavy atom. The zero-order valence-corrected chi connectivity index (χ0v) is 13.5. The van der Waals surface area contributed by atoms with E-state index < -0.39 is 0 Å². The molecule has 0 heterocycles. The first-order valence-corrected chi connectivity index (χ1v) is 7.09. The van der Waals surface area contributed by atoms with Crippen molar-refractivity contribution in [1.29, 1.82) is 0 Å². The minimum atomic E-state index is -0.279. The van der Waals surface area contributed by atoms with E-state index in [2.05, 4.69) is 31.0 Å². The summed E-state index contributed by atoms with van der Waals surface area (Å²) in [7, 11) is 5.52. The molecule has 3 nitrogen and oxygen atoms in total. The molecule has 0 aliphatic heterocycles. The Hall–Kier alpha value is -1.13. The molecule has 0 fully saturated rings. The van der Waals surface area contributed by atoms with Gasteiger partial charge in [-0.05, 0) is 47.0 Å². The number of ether oxygens (including phenoxy) is 1. The van der Waals surface area contributed by atoms with Crippen LogP contribution in [0.25, 0.3) is 0 Å². The molecule has 1 unspecified atom stereocenters. The predicted octanol–water partition coefficient (Wildman–Crippen LogP) is 3.22. The number of hydrogen-bond donors (Lipinski definition) is 1. The van der Waals surface area contributed by atoms with Crippen molar-refractivity contribution in [3.8, 4) is 5.75 Å². The van der Waals surface area contributed by atoms with Crippen LogP contribution in [0.3, 0.4) is 0 Å². The van der Waals surface area contributed by atoms with Gasteiger partial charge < -0.3 is 15.0 Å². The molecule has 0 aliphatic rings. The van der Waals surface area contributed by atoms with Gasteiger partial charge in [-0.2, -0.15) is 0 Å². The molecule has 0 radical (unpaired) electrons. The fourth-order valence-corrected chi connectivity index (χ4v) is 2.20. The van der Waals surface area contributed by atoms with Crippen LogP contribution in [0.1, 0.15) is 38.8 Å². The molecule has 4 heteroatoms. The Bertz CT molecular complexity index is 432. The number of rotatable bonds is 7. The average Bonchev–Trinajstić information content (AvgIpc) is 2.40. The smallest absolute Gasteiger partial charge is 0.169 e. The summed E-state index contributed by atoms with van der Waals surface area (Å²) >= 11 is 0. The Morgan fingerprint density at radius 2 is 2.00 bits per heavy atom. The monoisotopic (exact) mass is 282 g/mol. The van der Waals surface area contributed by atoms with Crippen LogP contribution in [0.2, 0.25) is 0 Å². The van der Waals surface area contributed by atoms with Crippen molar-refractivity contribution in [2.24, 2.45) is 0 Å². The molecule has 0 bridgehead atoms. The van der Waals surface area contributed by atoms with Crippen LogP contribution in [0, 0.1) is 5.82 Å². The molecular formula is C16H27FN2O. The van der Waals surface area contributed by atoms with Crippen molar-refractivity contribution in [2.75, 3.05) is 27.7 Å². The summed E-state index contributed by atoms with van der Waals surface area (Å²) in [5, 5.41) is 3.46.